The number of piperidine rings is 1. The standard InChI is InChI=1S/C19H28N2O3S/c1-2-17-9-5-6-12-21(17)19(22)14-20-25(23,24)18-11-10-15-7-3-4-8-16(15)13-18/h10-11,13,17,20H,2-9,12,14H2,1H3. The van der Waals surface area contributed by atoms with Crippen molar-refractivity contribution in [3.63, 3.8) is 0 Å². The van der Waals surface area contributed by atoms with Crippen LogP contribution in [0.15, 0.2) is 23.1 Å². The van der Waals surface area contributed by atoms with Gasteiger partial charge in [0.1, 0.15) is 0 Å². The van der Waals surface area contributed by atoms with E-state index < -0.39 is 10.0 Å². The Kier molecular flexibility index (Phi) is 5.79. The summed E-state index contributed by atoms with van der Waals surface area (Å²) in [5.41, 5.74) is 2.38. The van der Waals surface area contributed by atoms with Crippen LogP contribution in [0.5, 0.6) is 0 Å². The number of hydrogen-bond acceptors (Lipinski definition) is 3. The van der Waals surface area contributed by atoms with Crippen LogP contribution >= 0.6 is 0 Å². The van der Waals surface area contributed by atoms with Crippen LogP contribution in [0, 0.1) is 0 Å². The molecule has 1 aliphatic carbocycles. The molecule has 1 N–H and O–H groups in total. The number of likely N-dealkylation sites (tertiary alicyclic amines) is 1. The third-order valence-corrected chi connectivity index (χ3v) is 6.86. The third kappa shape index (κ3) is 4.23. The van der Waals surface area contributed by atoms with Crippen LogP contribution in [-0.4, -0.2) is 38.4 Å². The lowest BCUT2D eigenvalue weighted by molar-refractivity contribution is -0.133. The number of nitrogens with zero attached hydrogens (tertiary/aromatic N) is 1. The number of carbonyl (C=O) groups excluding carboxylic acids is 1. The molecule has 3 rings (SSSR count). The van der Waals surface area contributed by atoms with E-state index in [1.807, 2.05) is 11.0 Å². The Balaban J connectivity index is 1.66. The van der Waals surface area contributed by atoms with Crippen molar-refractivity contribution in [2.75, 3.05) is 13.1 Å². The molecular weight excluding hydrogens is 336 g/mol. The molecule has 1 saturated heterocycles. The molecule has 1 heterocycles. The average molecular weight is 365 g/mol. The summed E-state index contributed by atoms with van der Waals surface area (Å²) in [6, 6.07) is 5.60. The maximum atomic E-state index is 12.6. The second kappa shape index (κ2) is 7.87. The Labute approximate surface area is 150 Å². The summed E-state index contributed by atoms with van der Waals surface area (Å²) in [4.78, 5) is 14.6. The molecule has 2 aliphatic rings. The second-order valence-electron chi connectivity index (χ2n) is 7.11. The molecule has 0 saturated carbocycles. The molecule has 1 unspecified atom stereocenters. The number of sulfonamides is 1. The summed E-state index contributed by atoms with van der Waals surface area (Å²) in [5.74, 6) is -0.118. The lowest BCUT2D eigenvalue weighted by Crippen LogP contribution is -2.47. The molecule has 1 aromatic carbocycles. The highest BCUT2D eigenvalue weighted by molar-refractivity contribution is 7.89. The molecule has 25 heavy (non-hydrogen) atoms. The van der Waals surface area contributed by atoms with Crippen molar-refractivity contribution in [1.29, 1.82) is 0 Å². The summed E-state index contributed by atoms with van der Waals surface area (Å²) in [7, 11) is -3.65. The number of hydrogen-bond donors (Lipinski definition) is 1. The summed E-state index contributed by atoms with van der Waals surface area (Å²) < 4.78 is 27.7. The van der Waals surface area contributed by atoms with E-state index in [2.05, 4.69) is 11.6 Å². The van der Waals surface area contributed by atoms with Gasteiger partial charge in [-0.1, -0.05) is 13.0 Å². The van der Waals surface area contributed by atoms with Crippen molar-refractivity contribution in [3.05, 3.63) is 29.3 Å². The van der Waals surface area contributed by atoms with Gasteiger partial charge in [0.25, 0.3) is 0 Å². The Hall–Kier alpha value is -1.40. The van der Waals surface area contributed by atoms with Crippen molar-refractivity contribution in [3.8, 4) is 0 Å². The quantitative estimate of drug-likeness (QED) is 0.873. The van der Waals surface area contributed by atoms with Crippen molar-refractivity contribution in [2.45, 2.75) is 69.2 Å². The Morgan fingerprint density at radius 1 is 1.16 bits per heavy atom. The molecule has 6 heteroatoms. The van der Waals surface area contributed by atoms with E-state index in [0.717, 1.165) is 57.1 Å². The molecule has 1 fully saturated rings. The number of amides is 1. The van der Waals surface area contributed by atoms with Crippen molar-refractivity contribution in [2.24, 2.45) is 0 Å². The fraction of sp³-hybridized carbons (Fsp3) is 0.632. The molecule has 0 bridgehead atoms. The molecular formula is C19H28N2O3S. The predicted octanol–water partition coefficient (Wildman–Crippen LogP) is 2.63. The largest absolute Gasteiger partial charge is 0.339 e. The first kappa shape index (κ1) is 18.4. The van der Waals surface area contributed by atoms with Crippen LogP contribution in [0.2, 0.25) is 0 Å². The first-order valence-corrected chi connectivity index (χ1v) is 10.9. The van der Waals surface area contributed by atoms with Gasteiger partial charge in [-0.3, -0.25) is 4.79 Å². The highest BCUT2D eigenvalue weighted by Gasteiger charge is 2.26. The van der Waals surface area contributed by atoms with Gasteiger partial charge in [-0.2, -0.15) is 0 Å². The highest BCUT2D eigenvalue weighted by atomic mass is 32.2. The van der Waals surface area contributed by atoms with Gasteiger partial charge in [-0.05, 0) is 74.6 Å². The lowest BCUT2D eigenvalue weighted by atomic mass is 9.92. The second-order valence-corrected chi connectivity index (χ2v) is 8.87. The van der Waals surface area contributed by atoms with Gasteiger partial charge in [-0.25, -0.2) is 13.1 Å². The van der Waals surface area contributed by atoms with E-state index >= 15 is 0 Å². The van der Waals surface area contributed by atoms with Crippen molar-refractivity contribution >= 4 is 15.9 Å². The molecule has 5 nitrogen and oxygen atoms in total. The van der Waals surface area contributed by atoms with Gasteiger partial charge in [0.05, 0.1) is 11.4 Å². The summed E-state index contributed by atoms with van der Waals surface area (Å²) in [6.45, 7) is 2.65. The zero-order valence-electron chi connectivity index (χ0n) is 15.0. The van der Waals surface area contributed by atoms with Crippen LogP contribution < -0.4 is 4.72 Å². The first-order valence-electron chi connectivity index (χ1n) is 9.42. The number of nitrogens with one attached hydrogen (secondary N) is 1. The van der Waals surface area contributed by atoms with Gasteiger partial charge >= 0.3 is 0 Å². The molecule has 138 valence electrons. The van der Waals surface area contributed by atoms with E-state index in [1.54, 1.807) is 12.1 Å². The Morgan fingerprint density at radius 2 is 1.92 bits per heavy atom. The predicted molar refractivity (Wildman–Crippen MR) is 97.9 cm³/mol. The number of rotatable bonds is 5. The fourth-order valence-electron chi connectivity index (χ4n) is 3.97. The highest BCUT2D eigenvalue weighted by Crippen LogP contribution is 2.24. The summed E-state index contributed by atoms with van der Waals surface area (Å²) in [5, 5.41) is 0. The van der Waals surface area contributed by atoms with Gasteiger partial charge in [0, 0.05) is 12.6 Å². The Morgan fingerprint density at radius 3 is 2.68 bits per heavy atom. The lowest BCUT2D eigenvalue weighted by Gasteiger charge is -2.35. The smallest absolute Gasteiger partial charge is 0.241 e. The van der Waals surface area contributed by atoms with E-state index in [1.165, 1.54) is 12.0 Å². The van der Waals surface area contributed by atoms with E-state index in [4.69, 9.17) is 0 Å². The molecule has 0 radical (unpaired) electrons. The minimum absolute atomic E-state index is 0.118. The maximum absolute atomic E-state index is 12.6. The summed E-state index contributed by atoms with van der Waals surface area (Å²) in [6.07, 6.45) is 8.31. The van der Waals surface area contributed by atoms with Gasteiger partial charge in [0.15, 0.2) is 0 Å². The normalized spacial score (nSPS) is 21.0. The Bertz CT molecular complexity index is 730. The van der Waals surface area contributed by atoms with E-state index in [0.29, 0.717) is 0 Å². The van der Waals surface area contributed by atoms with Crippen LogP contribution in [-0.2, 0) is 27.7 Å². The fourth-order valence-corrected chi connectivity index (χ4v) is 5.00. The molecule has 1 aliphatic heterocycles. The number of benzene rings is 1. The van der Waals surface area contributed by atoms with Gasteiger partial charge in [0.2, 0.25) is 15.9 Å². The van der Waals surface area contributed by atoms with Gasteiger partial charge < -0.3 is 4.90 Å². The van der Waals surface area contributed by atoms with Crippen LogP contribution in [0.1, 0.15) is 56.6 Å². The number of carbonyl (C=O) groups is 1. The third-order valence-electron chi connectivity index (χ3n) is 5.46. The van der Waals surface area contributed by atoms with Crippen molar-refractivity contribution in [1.82, 2.24) is 9.62 Å². The average Bonchev–Trinajstić information content (AvgIpc) is 2.65. The molecule has 1 atom stereocenters. The zero-order chi connectivity index (χ0) is 17.9. The summed E-state index contributed by atoms with van der Waals surface area (Å²) >= 11 is 0. The first-order chi connectivity index (χ1) is 12.0. The molecule has 0 spiro atoms. The minimum Gasteiger partial charge on any atom is -0.339 e. The molecule has 0 aromatic heterocycles. The SMILES string of the molecule is CCC1CCCCN1C(=O)CNS(=O)(=O)c1ccc2c(c1)CCCC2. The van der Waals surface area contributed by atoms with Crippen molar-refractivity contribution < 1.29 is 13.2 Å². The van der Waals surface area contributed by atoms with Gasteiger partial charge in [-0.15, -0.1) is 0 Å². The maximum Gasteiger partial charge on any atom is 0.241 e. The zero-order valence-corrected chi connectivity index (χ0v) is 15.8. The van der Waals surface area contributed by atoms with Crippen LogP contribution in [0.4, 0.5) is 0 Å². The van der Waals surface area contributed by atoms with E-state index in [9.17, 15) is 13.2 Å². The molecule has 1 aromatic rings. The van der Waals surface area contributed by atoms with Crippen LogP contribution in [0.3, 0.4) is 0 Å². The monoisotopic (exact) mass is 364 g/mol. The topological polar surface area (TPSA) is 66.5 Å². The van der Waals surface area contributed by atoms with E-state index in [-0.39, 0.29) is 23.4 Å². The van der Waals surface area contributed by atoms with Crippen LogP contribution in [0.25, 0.3) is 0 Å². The number of aryl methyl sites for hydroxylation is 2. The molecule has 1 amide bonds. The number of fused-ring (bicyclic) bond motifs is 1. The minimum atomic E-state index is -3.65.